The van der Waals surface area contributed by atoms with Gasteiger partial charge in [0.05, 0.1) is 47.1 Å². The predicted octanol–water partition coefficient (Wildman–Crippen LogP) is 3.28. The van der Waals surface area contributed by atoms with Crippen molar-refractivity contribution in [3.63, 3.8) is 0 Å². The van der Waals surface area contributed by atoms with Crippen molar-refractivity contribution in [1.82, 2.24) is 4.57 Å². The lowest BCUT2D eigenvalue weighted by atomic mass is 9.96. The zero-order valence-electron chi connectivity index (χ0n) is 19.5. The van der Waals surface area contributed by atoms with E-state index in [9.17, 15) is 14.7 Å². The lowest BCUT2D eigenvalue weighted by Crippen LogP contribution is -2.40. The maximum atomic E-state index is 13.7. The van der Waals surface area contributed by atoms with Crippen LogP contribution in [0.15, 0.2) is 61.9 Å². The predicted molar refractivity (Wildman–Crippen MR) is 136 cm³/mol. The number of allylic oxidation sites excluding steroid dienone is 1. The van der Waals surface area contributed by atoms with E-state index < -0.39 is 12.0 Å². The summed E-state index contributed by atoms with van der Waals surface area (Å²) in [7, 11) is 3.02. The first kappa shape index (κ1) is 24.7. The quantitative estimate of drug-likeness (QED) is 0.466. The zero-order chi connectivity index (χ0) is 25.3. The Bertz CT molecular complexity index is 1520. The van der Waals surface area contributed by atoms with Gasteiger partial charge in [-0.1, -0.05) is 29.5 Å². The fraction of sp³-hybridized carbons (Fsp3) is 0.240. The van der Waals surface area contributed by atoms with Gasteiger partial charge in [-0.2, -0.15) is 0 Å². The molecule has 35 heavy (non-hydrogen) atoms. The fourth-order valence-electron chi connectivity index (χ4n) is 3.92. The summed E-state index contributed by atoms with van der Waals surface area (Å²) >= 11 is 4.67. The summed E-state index contributed by atoms with van der Waals surface area (Å²) in [5.74, 6) is 0.311. The molecule has 1 aliphatic rings. The van der Waals surface area contributed by atoms with Crippen LogP contribution < -0.4 is 24.4 Å². The number of halogens is 1. The molecule has 0 amide bonds. The van der Waals surface area contributed by atoms with Crippen molar-refractivity contribution >= 4 is 39.3 Å². The van der Waals surface area contributed by atoms with Gasteiger partial charge in [0, 0.05) is 5.56 Å². The first-order valence-corrected chi connectivity index (χ1v) is 12.3. The summed E-state index contributed by atoms with van der Waals surface area (Å²) in [4.78, 5) is 31.7. The van der Waals surface area contributed by atoms with Crippen LogP contribution in [0.1, 0.15) is 31.0 Å². The number of carbonyl (C=O) groups excluding carboxylic acids is 1. The van der Waals surface area contributed by atoms with Crippen LogP contribution in [-0.4, -0.2) is 36.5 Å². The molecule has 182 valence electrons. The molecule has 0 fully saturated rings. The van der Waals surface area contributed by atoms with Crippen LogP contribution in [0.2, 0.25) is 0 Å². The molecule has 0 spiro atoms. The lowest BCUT2D eigenvalue weighted by Gasteiger charge is -2.25. The second kappa shape index (κ2) is 10.1. The summed E-state index contributed by atoms with van der Waals surface area (Å²) in [6.07, 6.45) is 1.59. The number of phenolic OH excluding ortho intramolecular Hbond substituents is 1. The number of phenols is 1. The van der Waals surface area contributed by atoms with Gasteiger partial charge in [0.1, 0.15) is 5.75 Å². The molecule has 2 heterocycles. The minimum Gasteiger partial charge on any atom is -0.504 e. The number of hydrogen-bond donors (Lipinski definition) is 1. The summed E-state index contributed by atoms with van der Waals surface area (Å²) in [5, 5.41) is 10.5. The van der Waals surface area contributed by atoms with E-state index in [-0.39, 0.29) is 23.5 Å². The van der Waals surface area contributed by atoms with Gasteiger partial charge in [0.2, 0.25) is 0 Å². The van der Waals surface area contributed by atoms with Crippen molar-refractivity contribution in [3.05, 3.63) is 83.0 Å². The van der Waals surface area contributed by atoms with E-state index in [1.807, 2.05) is 6.07 Å². The molecule has 1 aromatic heterocycles. The number of aromatic nitrogens is 1. The zero-order valence-corrected chi connectivity index (χ0v) is 21.9. The van der Waals surface area contributed by atoms with Gasteiger partial charge in [-0.15, -0.1) is 0 Å². The first-order valence-electron chi connectivity index (χ1n) is 10.7. The van der Waals surface area contributed by atoms with Gasteiger partial charge in [-0.05, 0) is 59.6 Å². The lowest BCUT2D eigenvalue weighted by molar-refractivity contribution is -0.139. The standard InChI is InChI=1S/C25H23BrN2O6S/c1-5-34-24(31)20-13(2)27-25-28(21(20)14-9-10-17(32-3)16(26)11-14)23(30)19(35-25)12-15-7-6-8-18(33-4)22(15)29/h6-12,21,29H,5H2,1-4H3/b19-12-/t21-/m0/s1. The number of carbonyl (C=O) groups is 1. The number of hydrogen-bond acceptors (Lipinski definition) is 8. The number of aromatic hydroxyl groups is 1. The van der Waals surface area contributed by atoms with E-state index in [4.69, 9.17) is 14.2 Å². The number of rotatable bonds is 6. The van der Waals surface area contributed by atoms with Crippen LogP contribution >= 0.6 is 27.3 Å². The Morgan fingerprint density at radius 1 is 1.23 bits per heavy atom. The van der Waals surface area contributed by atoms with Crippen molar-refractivity contribution in [2.24, 2.45) is 4.99 Å². The first-order chi connectivity index (χ1) is 16.8. The third-order valence-corrected chi connectivity index (χ3v) is 7.15. The third-order valence-electron chi connectivity index (χ3n) is 5.55. The fourth-order valence-corrected chi connectivity index (χ4v) is 5.52. The summed E-state index contributed by atoms with van der Waals surface area (Å²) in [5.41, 5.74) is 1.53. The number of methoxy groups -OCH3 is 2. The maximum absolute atomic E-state index is 13.7. The SMILES string of the molecule is CCOC(=O)C1=C(C)N=c2s/c(=C\c3cccc(OC)c3O)c(=O)n2[C@H]1c1ccc(OC)c(Br)c1. The molecule has 0 unspecified atom stereocenters. The minimum atomic E-state index is -0.756. The van der Waals surface area contributed by atoms with Crippen LogP contribution in [0.3, 0.4) is 0 Å². The molecule has 1 atom stereocenters. The highest BCUT2D eigenvalue weighted by molar-refractivity contribution is 9.10. The van der Waals surface area contributed by atoms with E-state index in [1.165, 1.54) is 23.0 Å². The van der Waals surface area contributed by atoms with E-state index in [0.717, 1.165) is 0 Å². The summed E-state index contributed by atoms with van der Waals surface area (Å²) in [6.45, 7) is 3.64. The van der Waals surface area contributed by atoms with Gasteiger partial charge in [-0.25, -0.2) is 9.79 Å². The number of ether oxygens (including phenoxy) is 3. The van der Waals surface area contributed by atoms with Gasteiger partial charge in [0.25, 0.3) is 5.56 Å². The molecular weight excluding hydrogens is 536 g/mol. The van der Waals surface area contributed by atoms with E-state index in [1.54, 1.807) is 57.4 Å². The largest absolute Gasteiger partial charge is 0.504 e. The highest BCUT2D eigenvalue weighted by atomic mass is 79.9. The minimum absolute atomic E-state index is 0.0696. The van der Waals surface area contributed by atoms with Crippen molar-refractivity contribution in [2.45, 2.75) is 19.9 Å². The Kier molecular flexibility index (Phi) is 7.13. The van der Waals surface area contributed by atoms with Gasteiger partial charge in [0.15, 0.2) is 16.3 Å². The van der Waals surface area contributed by atoms with E-state index in [0.29, 0.717) is 42.1 Å². The number of thiazole rings is 1. The normalized spacial score (nSPS) is 15.5. The van der Waals surface area contributed by atoms with Crippen LogP contribution in [0.4, 0.5) is 0 Å². The van der Waals surface area contributed by atoms with E-state index in [2.05, 4.69) is 20.9 Å². The van der Waals surface area contributed by atoms with Crippen LogP contribution in [0.25, 0.3) is 6.08 Å². The number of para-hydroxylation sites is 1. The average Bonchev–Trinajstić information content (AvgIpc) is 3.14. The van der Waals surface area contributed by atoms with Crippen molar-refractivity contribution < 1.29 is 24.1 Å². The number of fused-ring (bicyclic) bond motifs is 1. The smallest absolute Gasteiger partial charge is 0.338 e. The Balaban J connectivity index is 1.97. The molecule has 4 rings (SSSR count). The second-order valence-corrected chi connectivity index (χ2v) is 9.46. The van der Waals surface area contributed by atoms with Crippen molar-refractivity contribution in [3.8, 4) is 17.2 Å². The van der Waals surface area contributed by atoms with Gasteiger partial charge >= 0.3 is 5.97 Å². The highest BCUT2D eigenvalue weighted by Gasteiger charge is 2.33. The van der Waals surface area contributed by atoms with E-state index >= 15 is 0 Å². The topological polar surface area (TPSA) is 99.4 Å². The molecule has 0 aliphatic carbocycles. The maximum Gasteiger partial charge on any atom is 0.338 e. The Morgan fingerprint density at radius 3 is 2.63 bits per heavy atom. The highest BCUT2D eigenvalue weighted by Crippen LogP contribution is 2.35. The van der Waals surface area contributed by atoms with Crippen molar-refractivity contribution in [2.75, 3.05) is 20.8 Å². The molecule has 0 saturated carbocycles. The molecule has 0 bridgehead atoms. The third kappa shape index (κ3) is 4.51. The Hall–Kier alpha value is -3.37. The molecule has 10 heteroatoms. The molecule has 0 radical (unpaired) electrons. The Morgan fingerprint density at radius 2 is 1.97 bits per heavy atom. The van der Waals surface area contributed by atoms with Crippen LogP contribution in [0.5, 0.6) is 17.2 Å². The molecular formula is C25H23BrN2O6S. The van der Waals surface area contributed by atoms with Gasteiger partial charge < -0.3 is 19.3 Å². The second-order valence-electron chi connectivity index (χ2n) is 7.59. The molecule has 1 N–H and O–H groups in total. The average molecular weight is 559 g/mol. The summed E-state index contributed by atoms with van der Waals surface area (Å²) < 4.78 is 18.4. The van der Waals surface area contributed by atoms with Crippen LogP contribution in [0, 0.1) is 0 Å². The summed E-state index contributed by atoms with van der Waals surface area (Å²) in [6, 6.07) is 9.66. The number of nitrogens with zero attached hydrogens (tertiary/aromatic N) is 2. The number of esters is 1. The molecule has 2 aromatic carbocycles. The van der Waals surface area contributed by atoms with Crippen molar-refractivity contribution in [1.29, 1.82) is 0 Å². The molecule has 8 nitrogen and oxygen atoms in total. The molecule has 3 aromatic rings. The van der Waals surface area contributed by atoms with Gasteiger partial charge in [-0.3, -0.25) is 9.36 Å². The molecule has 0 saturated heterocycles. The Labute approximate surface area is 213 Å². The number of benzene rings is 2. The van der Waals surface area contributed by atoms with Crippen LogP contribution in [-0.2, 0) is 9.53 Å². The monoisotopic (exact) mass is 558 g/mol. The molecule has 1 aliphatic heterocycles.